The largest absolute Gasteiger partial charge is 0.450 e. The fourth-order valence-corrected chi connectivity index (χ4v) is 8.74. The number of carbonyl (C=O) groups is 1. The molecule has 160 valence electrons. The Bertz CT molecular complexity index is 1090. The van der Waals surface area contributed by atoms with E-state index in [0.29, 0.717) is 6.42 Å². The highest BCUT2D eigenvalue weighted by molar-refractivity contribution is 9.10. The molecule has 2 atom stereocenters. The molecule has 8 heteroatoms. The summed E-state index contributed by atoms with van der Waals surface area (Å²) >= 11 is 3.55. The van der Waals surface area contributed by atoms with Gasteiger partial charge in [0.1, 0.15) is 8.07 Å². The molecule has 0 fully saturated rings. The highest BCUT2D eigenvalue weighted by atomic mass is 79.9. The molecule has 30 heavy (non-hydrogen) atoms. The third-order valence-electron chi connectivity index (χ3n) is 5.71. The maximum Gasteiger partial charge on any atom is 0.331 e. The lowest BCUT2D eigenvalue weighted by molar-refractivity contribution is -0.148. The molecule has 0 bridgehead atoms. The van der Waals surface area contributed by atoms with Crippen molar-refractivity contribution in [2.45, 2.75) is 38.1 Å². The first-order valence-corrected chi connectivity index (χ1v) is 15.4. The molecule has 0 unspecified atom stereocenters. The number of ether oxygens (including phenoxy) is 1. The van der Waals surface area contributed by atoms with Crippen LogP contribution in [-0.2, 0) is 19.6 Å². The SMILES string of the molecule is CC[C@@]1([C@H](NS(C)(=O)=O)c2ccccc2Br)OC(=O)C=C1[Si](C)(C)c1ccccc1. The summed E-state index contributed by atoms with van der Waals surface area (Å²) < 4.78 is 34.3. The molecule has 0 aromatic heterocycles. The Hall–Kier alpha value is -1.74. The van der Waals surface area contributed by atoms with Crippen LogP contribution in [0.15, 0.2) is 70.3 Å². The van der Waals surface area contributed by atoms with Gasteiger partial charge in [-0.1, -0.05) is 89.7 Å². The Morgan fingerprint density at radius 1 is 1.10 bits per heavy atom. The van der Waals surface area contributed by atoms with Crippen LogP contribution in [0.3, 0.4) is 0 Å². The van der Waals surface area contributed by atoms with Gasteiger partial charge in [-0.3, -0.25) is 0 Å². The van der Waals surface area contributed by atoms with Gasteiger partial charge >= 0.3 is 5.97 Å². The van der Waals surface area contributed by atoms with Gasteiger partial charge in [0, 0.05) is 10.5 Å². The first kappa shape index (κ1) is 22.9. The molecule has 0 saturated heterocycles. The van der Waals surface area contributed by atoms with E-state index in [-0.39, 0.29) is 0 Å². The smallest absolute Gasteiger partial charge is 0.331 e. The summed E-state index contributed by atoms with van der Waals surface area (Å²) in [7, 11) is -5.97. The second-order valence-electron chi connectivity index (χ2n) is 8.06. The third kappa shape index (κ3) is 4.32. The minimum Gasteiger partial charge on any atom is -0.450 e. The number of carbonyl (C=O) groups excluding carboxylic acids is 1. The number of rotatable bonds is 7. The van der Waals surface area contributed by atoms with Crippen LogP contribution in [0, 0.1) is 0 Å². The monoisotopic (exact) mass is 507 g/mol. The van der Waals surface area contributed by atoms with Crippen LogP contribution in [0.2, 0.25) is 13.1 Å². The van der Waals surface area contributed by atoms with E-state index < -0.39 is 35.7 Å². The van der Waals surface area contributed by atoms with Crippen molar-refractivity contribution >= 4 is 45.2 Å². The van der Waals surface area contributed by atoms with E-state index in [4.69, 9.17) is 4.74 Å². The number of nitrogens with one attached hydrogen (secondary N) is 1. The van der Waals surface area contributed by atoms with Gasteiger partial charge in [0.2, 0.25) is 10.0 Å². The van der Waals surface area contributed by atoms with E-state index in [1.807, 2.05) is 49.4 Å². The van der Waals surface area contributed by atoms with Crippen molar-refractivity contribution in [1.82, 2.24) is 4.72 Å². The van der Waals surface area contributed by atoms with Gasteiger partial charge < -0.3 is 4.74 Å². The number of halogens is 1. The maximum atomic E-state index is 12.6. The van der Waals surface area contributed by atoms with Crippen molar-refractivity contribution in [2.24, 2.45) is 0 Å². The van der Waals surface area contributed by atoms with Crippen molar-refractivity contribution in [3.8, 4) is 0 Å². The molecule has 5 nitrogen and oxygen atoms in total. The Balaban J connectivity index is 2.24. The summed E-state index contributed by atoms with van der Waals surface area (Å²) in [5.74, 6) is -0.435. The number of sulfonamides is 1. The Morgan fingerprint density at radius 2 is 1.70 bits per heavy atom. The number of benzene rings is 2. The molecular weight excluding hydrogens is 482 g/mol. The molecule has 2 aromatic rings. The minimum absolute atomic E-state index is 0.433. The first-order valence-electron chi connectivity index (χ1n) is 9.74. The standard InChI is InChI=1S/C22H26BrNO4SSi/c1-5-22(21(24-29(2,26)27)17-13-9-10-14-18(17)23)19(15-20(25)28-22)30(3,4)16-11-7-6-8-12-16/h6-15,21,24H,5H2,1-4H3/t21-,22-/m1/s1. The van der Waals surface area contributed by atoms with Gasteiger partial charge in [0.05, 0.1) is 12.3 Å². The van der Waals surface area contributed by atoms with Crippen LogP contribution in [0.5, 0.6) is 0 Å². The highest BCUT2D eigenvalue weighted by Gasteiger charge is 2.55. The Kier molecular flexibility index (Phi) is 6.43. The van der Waals surface area contributed by atoms with E-state index in [1.165, 1.54) is 0 Å². The zero-order valence-electron chi connectivity index (χ0n) is 17.5. The third-order valence-corrected chi connectivity index (χ3v) is 10.8. The van der Waals surface area contributed by atoms with Crippen molar-refractivity contribution in [3.05, 3.63) is 75.9 Å². The molecule has 3 rings (SSSR count). The van der Waals surface area contributed by atoms with Crippen LogP contribution < -0.4 is 9.91 Å². The normalized spacial score (nSPS) is 20.6. The summed E-state index contributed by atoms with van der Waals surface area (Å²) in [6, 6.07) is 16.7. The van der Waals surface area contributed by atoms with E-state index in [1.54, 1.807) is 6.08 Å². The summed E-state index contributed by atoms with van der Waals surface area (Å²) in [5, 5.41) is 2.03. The van der Waals surface area contributed by atoms with Gasteiger partial charge in [-0.2, -0.15) is 0 Å². The van der Waals surface area contributed by atoms with Gasteiger partial charge in [0.25, 0.3) is 0 Å². The summed E-state index contributed by atoms with van der Waals surface area (Å²) in [5.41, 5.74) is -0.390. The molecule has 2 aromatic carbocycles. The lowest BCUT2D eigenvalue weighted by Crippen LogP contribution is -2.56. The summed E-state index contributed by atoms with van der Waals surface area (Å²) in [6.07, 6.45) is 3.14. The number of esters is 1. The van der Waals surface area contributed by atoms with Crippen LogP contribution in [0.25, 0.3) is 0 Å². The lowest BCUT2D eigenvalue weighted by atomic mass is 9.86. The molecule has 1 heterocycles. The fourth-order valence-electron chi connectivity index (χ4n) is 4.24. The fraction of sp³-hybridized carbons (Fsp3) is 0.318. The van der Waals surface area contributed by atoms with Gasteiger partial charge in [-0.05, 0) is 23.2 Å². The second-order valence-corrected chi connectivity index (χ2v) is 15.1. The first-order chi connectivity index (χ1) is 14.0. The predicted molar refractivity (Wildman–Crippen MR) is 126 cm³/mol. The van der Waals surface area contributed by atoms with Crippen molar-refractivity contribution in [1.29, 1.82) is 0 Å². The number of cyclic esters (lactones) is 1. The van der Waals surface area contributed by atoms with Crippen LogP contribution in [0.4, 0.5) is 0 Å². The van der Waals surface area contributed by atoms with E-state index in [0.717, 1.165) is 26.7 Å². The summed E-state index contributed by atoms with van der Waals surface area (Å²) in [4.78, 5) is 12.6. The highest BCUT2D eigenvalue weighted by Crippen LogP contribution is 2.47. The average molecular weight is 509 g/mol. The van der Waals surface area contributed by atoms with Crippen molar-refractivity contribution in [3.63, 3.8) is 0 Å². The van der Waals surface area contributed by atoms with Crippen LogP contribution in [-0.4, -0.2) is 34.3 Å². The Labute approximate surface area is 187 Å². The Morgan fingerprint density at radius 3 is 2.27 bits per heavy atom. The molecule has 1 N–H and O–H groups in total. The molecular formula is C22H26BrNO4SSi. The van der Waals surface area contributed by atoms with E-state index in [9.17, 15) is 13.2 Å². The second kappa shape index (κ2) is 8.41. The zero-order chi connectivity index (χ0) is 22.2. The zero-order valence-corrected chi connectivity index (χ0v) is 20.9. The predicted octanol–water partition coefficient (Wildman–Crippen LogP) is 3.83. The van der Waals surface area contributed by atoms with Gasteiger partial charge in [-0.15, -0.1) is 0 Å². The molecule has 1 aliphatic rings. The minimum atomic E-state index is -3.60. The quantitative estimate of drug-likeness (QED) is 0.456. The van der Waals surface area contributed by atoms with E-state index >= 15 is 0 Å². The lowest BCUT2D eigenvalue weighted by Gasteiger charge is -2.43. The van der Waals surface area contributed by atoms with Crippen molar-refractivity contribution < 1.29 is 17.9 Å². The summed E-state index contributed by atoms with van der Waals surface area (Å²) in [6.45, 7) is 6.26. The molecule has 1 aliphatic heterocycles. The van der Waals surface area contributed by atoms with Crippen LogP contribution >= 0.6 is 15.9 Å². The van der Waals surface area contributed by atoms with Crippen LogP contribution in [0.1, 0.15) is 24.9 Å². The van der Waals surface area contributed by atoms with Crippen molar-refractivity contribution in [2.75, 3.05) is 6.26 Å². The average Bonchev–Trinajstić information content (AvgIpc) is 3.05. The molecule has 0 spiro atoms. The number of hydrogen-bond acceptors (Lipinski definition) is 4. The van der Waals surface area contributed by atoms with E-state index in [2.05, 4.69) is 45.9 Å². The molecule has 0 amide bonds. The molecule has 0 saturated carbocycles. The maximum absolute atomic E-state index is 12.6. The number of hydrogen-bond donors (Lipinski definition) is 1. The molecule has 0 radical (unpaired) electrons. The molecule has 0 aliphatic carbocycles. The topological polar surface area (TPSA) is 72.5 Å². The van der Waals surface area contributed by atoms with Gasteiger partial charge in [-0.25, -0.2) is 17.9 Å². The van der Waals surface area contributed by atoms with Gasteiger partial charge in [0.15, 0.2) is 5.60 Å².